The second kappa shape index (κ2) is 11.5. The second-order valence-corrected chi connectivity index (χ2v) is 5.59. The molecule has 0 aromatic heterocycles. The van der Waals surface area contributed by atoms with Crippen molar-refractivity contribution >= 4 is 29.3 Å². The van der Waals surface area contributed by atoms with Crippen molar-refractivity contribution in [1.82, 2.24) is 5.32 Å². The first-order valence-electron chi connectivity index (χ1n) is 8.38. The molecule has 27 heavy (non-hydrogen) atoms. The Bertz CT molecular complexity index is 674. The van der Waals surface area contributed by atoms with Crippen molar-refractivity contribution in [3.63, 3.8) is 0 Å². The zero-order valence-electron chi connectivity index (χ0n) is 15.7. The molecule has 0 bridgehead atoms. The zero-order valence-corrected chi connectivity index (χ0v) is 15.7. The molecule has 0 aliphatic carbocycles. The van der Waals surface area contributed by atoms with Gasteiger partial charge in [0.1, 0.15) is 0 Å². The van der Waals surface area contributed by atoms with Crippen LogP contribution in [0.2, 0.25) is 0 Å². The molecule has 1 unspecified atom stereocenters. The molecule has 9 nitrogen and oxygen atoms in total. The normalized spacial score (nSPS) is 17.1. The number of anilines is 2. The first-order valence-corrected chi connectivity index (χ1v) is 8.38. The molecule has 1 fully saturated rings. The van der Waals surface area contributed by atoms with Gasteiger partial charge >= 0.3 is 11.9 Å². The Morgan fingerprint density at radius 2 is 1.89 bits per heavy atom. The molecule has 148 valence electrons. The smallest absolute Gasteiger partial charge is 0.328 e. The minimum absolute atomic E-state index is 0.383. The summed E-state index contributed by atoms with van der Waals surface area (Å²) in [4.78, 5) is 25.6. The van der Waals surface area contributed by atoms with E-state index >= 15 is 0 Å². The highest BCUT2D eigenvalue weighted by atomic mass is 16.5. The molecule has 1 aliphatic heterocycles. The van der Waals surface area contributed by atoms with Crippen LogP contribution in [0.4, 0.5) is 11.4 Å². The molecule has 1 aromatic carbocycles. The van der Waals surface area contributed by atoms with Crippen LogP contribution in [0.15, 0.2) is 41.4 Å². The summed E-state index contributed by atoms with van der Waals surface area (Å²) >= 11 is 0. The van der Waals surface area contributed by atoms with Crippen LogP contribution >= 0.6 is 0 Å². The third-order valence-electron chi connectivity index (χ3n) is 3.66. The van der Waals surface area contributed by atoms with Crippen molar-refractivity contribution in [2.45, 2.75) is 13.0 Å². The van der Waals surface area contributed by atoms with Gasteiger partial charge in [-0.3, -0.25) is 4.99 Å². The Labute approximate surface area is 158 Å². The summed E-state index contributed by atoms with van der Waals surface area (Å²) in [6.45, 7) is 4.65. The van der Waals surface area contributed by atoms with Crippen molar-refractivity contribution in [1.29, 1.82) is 0 Å². The summed E-state index contributed by atoms with van der Waals surface area (Å²) in [5.74, 6) is -1.76. The molecule has 1 saturated heterocycles. The average molecular weight is 378 g/mol. The molecule has 0 amide bonds. The van der Waals surface area contributed by atoms with Crippen molar-refractivity contribution in [2.75, 3.05) is 44.1 Å². The molecule has 1 aromatic rings. The van der Waals surface area contributed by atoms with Crippen molar-refractivity contribution in [3.05, 3.63) is 36.4 Å². The van der Waals surface area contributed by atoms with Crippen LogP contribution in [0.25, 0.3) is 0 Å². The minimum atomic E-state index is -1.26. The molecule has 0 radical (unpaired) electrons. The third-order valence-corrected chi connectivity index (χ3v) is 3.66. The number of hydrogen-bond acceptors (Lipinski definition) is 5. The highest BCUT2D eigenvalue weighted by molar-refractivity contribution is 5.96. The lowest BCUT2D eigenvalue weighted by molar-refractivity contribution is -0.134. The van der Waals surface area contributed by atoms with E-state index < -0.39 is 11.9 Å². The first kappa shape index (κ1) is 22.0. The number of carboxylic acids is 2. The fourth-order valence-corrected chi connectivity index (χ4v) is 2.42. The predicted octanol–water partition coefficient (Wildman–Crippen LogP) is 1.24. The molecule has 1 aliphatic rings. The Hall–Kier alpha value is -3.07. The van der Waals surface area contributed by atoms with Crippen LogP contribution < -0.4 is 15.5 Å². The maximum absolute atomic E-state index is 9.55. The monoisotopic (exact) mass is 378 g/mol. The number of hydrogen-bond donors (Lipinski definition) is 4. The largest absolute Gasteiger partial charge is 0.478 e. The topological polar surface area (TPSA) is 123 Å². The maximum atomic E-state index is 9.55. The lowest BCUT2D eigenvalue weighted by Crippen LogP contribution is -2.44. The Morgan fingerprint density at radius 1 is 1.26 bits per heavy atom. The maximum Gasteiger partial charge on any atom is 0.328 e. The number of guanidine groups is 1. The summed E-state index contributed by atoms with van der Waals surface area (Å²) in [6, 6.07) is 8.67. The Kier molecular flexibility index (Phi) is 9.38. The van der Waals surface area contributed by atoms with E-state index in [9.17, 15) is 9.59 Å². The molecule has 9 heteroatoms. The minimum Gasteiger partial charge on any atom is -0.478 e. The quantitative estimate of drug-likeness (QED) is 0.351. The van der Waals surface area contributed by atoms with E-state index in [0.29, 0.717) is 18.2 Å². The molecule has 0 spiro atoms. The fraction of sp³-hybridized carbons (Fsp3) is 0.389. The standard InChI is InChI=1S/C14H22N4O.C4H4O4/c1-11-10-19-9-8-18(11)13-7-5-4-6-12(13)17-14(15-2)16-3;5-3(6)1-2-4(7)8/h4-7,11H,8-10H2,1-3H3,(H2,15,16,17);1-2H,(H,5,6)(H,7,8)/b;2-1+. The van der Waals surface area contributed by atoms with Gasteiger partial charge in [-0.05, 0) is 19.1 Å². The number of aliphatic imine (C=N–C) groups is 1. The van der Waals surface area contributed by atoms with Crippen LogP contribution in [0.1, 0.15) is 6.92 Å². The van der Waals surface area contributed by atoms with Crippen LogP contribution in [-0.2, 0) is 14.3 Å². The van der Waals surface area contributed by atoms with Gasteiger partial charge in [-0.2, -0.15) is 0 Å². The summed E-state index contributed by atoms with van der Waals surface area (Å²) < 4.78 is 5.50. The number of aliphatic carboxylic acids is 2. The van der Waals surface area contributed by atoms with E-state index in [1.807, 2.05) is 13.1 Å². The van der Waals surface area contributed by atoms with E-state index in [-0.39, 0.29) is 0 Å². The third kappa shape index (κ3) is 7.78. The Balaban J connectivity index is 0.000000387. The second-order valence-electron chi connectivity index (χ2n) is 5.59. The highest BCUT2D eigenvalue weighted by Gasteiger charge is 2.21. The number of nitrogens with one attached hydrogen (secondary N) is 2. The van der Waals surface area contributed by atoms with Gasteiger partial charge in [0.05, 0.1) is 24.6 Å². The summed E-state index contributed by atoms with van der Waals surface area (Å²) in [6.07, 6.45) is 1.12. The number of para-hydroxylation sites is 2. The van der Waals surface area contributed by atoms with Gasteiger partial charge in [0, 0.05) is 38.8 Å². The van der Waals surface area contributed by atoms with E-state index in [4.69, 9.17) is 14.9 Å². The molecule has 1 atom stereocenters. The molecule has 2 rings (SSSR count). The number of carboxylic acid groups (broad SMARTS) is 2. The molecular formula is C18H26N4O5. The van der Waals surface area contributed by atoms with E-state index in [2.05, 4.69) is 45.6 Å². The SMILES string of the molecule is CN=C(NC)Nc1ccccc1N1CCOCC1C.O=C(O)/C=C/C(=O)O. The number of ether oxygens (including phenoxy) is 1. The zero-order chi connectivity index (χ0) is 20.2. The van der Waals surface area contributed by atoms with Gasteiger partial charge in [0.2, 0.25) is 0 Å². The van der Waals surface area contributed by atoms with Gasteiger partial charge in [0.15, 0.2) is 5.96 Å². The van der Waals surface area contributed by atoms with Gasteiger partial charge in [-0.1, -0.05) is 12.1 Å². The summed E-state index contributed by atoms with van der Waals surface area (Å²) in [5, 5.41) is 22.0. The van der Waals surface area contributed by atoms with E-state index in [1.165, 1.54) is 5.69 Å². The summed E-state index contributed by atoms with van der Waals surface area (Å²) in [7, 11) is 3.62. The molecule has 0 saturated carbocycles. The molecule has 1 heterocycles. The van der Waals surface area contributed by atoms with Crippen LogP contribution in [0.3, 0.4) is 0 Å². The van der Waals surface area contributed by atoms with Crippen molar-refractivity contribution in [3.8, 4) is 0 Å². The highest BCUT2D eigenvalue weighted by Crippen LogP contribution is 2.28. The number of rotatable bonds is 4. The van der Waals surface area contributed by atoms with Gasteiger partial charge in [-0.15, -0.1) is 0 Å². The van der Waals surface area contributed by atoms with E-state index in [0.717, 1.165) is 31.4 Å². The van der Waals surface area contributed by atoms with Gasteiger partial charge < -0.3 is 30.5 Å². The van der Waals surface area contributed by atoms with E-state index in [1.54, 1.807) is 7.05 Å². The van der Waals surface area contributed by atoms with Gasteiger partial charge in [0.25, 0.3) is 0 Å². The van der Waals surface area contributed by atoms with Crippen LogP contribution in [-0.4, -0.2) is 68.0 Å². The van der Waals surface area contributed by atoms with Gasteiger partial charge in [-0.25, -0.2) is 9.59 Å². The fourth-order valence-electron chi connectivity index (χ4n) is 2.42. The van der Waals surface area contributed by atoms with Crippen molar-refractivity contribution in [2.24, 2.45) is 4.99 Å². The van der Waals surface area contributed by atoms with Crippen LogP contribution in [0, 0.1) is 0 Å². The predicted molar refractivity (Wildman–Crippen MR) is 105 cm³/mol. The Morgan fingerprint density at radius 3 is 2.41 bits per heavy atom. The first-order chi connectivity index (χ1) is 12.9. The number of carbonyl (C=O) groups is 2. The average Bonchev–Trinajstić information content (AvgIpc) is 2.66. The number of benzene rings is 1. The lowest BCUT2D eigenvalue weighted by atomic mass is 10.2. The van der Waals surface area contributed by atoms with Crippen molar-refractivity contribution < 1.29 is 24.5 Å². The summed E-state index contributed by atoms with van der Waals surface area (Å²) in [5.41, 5.74) is 2.25. The number of nitrogens with zero attached hydrogens (tertiary/aromatic N) is 2. The lowest BCUT2D eigenvalue weighted by Gasteiger charge is -2.36. The number of morpholine rings is 1. The van der Waals surface area contributed by atoms with Crippen LogP contribution in [0.5, 0.6) is 0 Å². The molecule has 4 N–H and O–H groups in total. The molecular weight excluding hydrogens is 352 g/mol.